The largest absolute Gasteiger partial charge is 0.444 e. The first-order valence-corrected chi connectivity index (χ1v) is 13.4. The highest BCUT2D eigenvalue weighted by atomic mass is 16.6. The zero-order valence-electron chi connectivity index (χ0n) is 23.7. The smallest absolute Gasteiger partial charge is 0.410 e. The minimum atomic E-state index is -0.659. The molecule has 0 saturated carbocycles. The van der Waals surface area contributed by atoms with Gasteiger partial charge in [0.1, 0.15) is 23.5 Å². The molecule has 0 unspecified atom stereocenters. The molecule has 0 radical (unpaired) electrons. The molecule has 12 heteroatoms. The van der Waals surface area contributed by atoms with Gasteiger partial charge in [0.15, 0.2) is 0 Å². The van der Waals surface area contributed by atoms with Crippen molar-refractivity contribution in [1.82, 2.24) is 24.3 Å². The summed E-state index contributed by atoms with van der Waals surface area (Å²) < 4.78 is 6.80. The van der Waals surface area contributed by atoms with Crippen LogP contribution in [0.2, 0.25) is 0 Å². The fourth-order valence-corrected chi connectivity index (χ4v) is 4.84. The Morgan fingerprint density at radius 3 is 2.33 bits per heavy atom. The topological polar surface area (TPSA) is 116 Å². The molecule has 0 spiro atoms. The second-order valence-electron chi connectivity index (χ2n) is 11.3. The van der Waals surface area contributed by atoms with Gasteiger partial charge >= 0.3 is 6.09 Å². The van der Waals surface area contributed by atoms with Gasteiger partial charge in [0.2, 0.25) is 11.9 Å². The molecule has 12 nitrogen and oxygen atoms in total. The van der Waals surface area contributed by atoms with E-state index in [0.717, 1.165) is 31.9 Å². The molecule has 5 rings (SSSR count). The van der Waals surface area contributed by atoms with Crippen LogP contribution in [-0.4, -0.2) is 94.8 Å². The molecule has 2 saturated heterocycles. The highest BCUT2D eigenvalue weighted by molar-refractivity contribution is 5.98. The molecular weight excluding hydrogens is 512 g/mol. The van der Waals surface area contributed by atoms with Crippen LogP contribution in [0.5, 0.6) is 0 Å². The minimum Gasteiger partial charge on any atom is -0.444 e. The van der Waals surface area contributed by atoms with Crippen molar-refractivity contribution < 1.29 is 14.3 Å². The van der Waals surface area contributed by atoms with E-state index >= 15 is 0 Å². The lowest BCUT2D eigenvalue weighted by atomic mass is 10.2. The Bertz CT molecular complexity index is 1470. The summed E-state index contributed by atoms with van der Waals surface area (Å²) >= 11 is 0. The van der Waals surface area contributed by atoms with Crippen LogP contribution < -0.4 is 20.7 Å². The van der Waals surface area contributed by atoms with Gasteiger partial charge in [0.05, 0.1) is 0 Å². The van der Waals surface area contributed by atoms with E-state index < -0.39 is 11.7 Å². The van der Waals surface area contributed by atoms with Gasteiger partial charge in [0.25, 0.3) is 5.56 Å². The highest BCUT2D eigenvalue weighted by Crippen LogP contribution is 2.23. The normalized spacial score (nSPS) is 16.9. The number of amides is 2. The van der Waals surface area contributed by atoms with Crippen LogP contribution in [0.25, 0.3) is 11.0 Å². The van der Waals surface area contributed by atoms with Crippen LogP contribution in [0.4, 0.5) is 27.8 Å². The van der Waals surface area contributed by atoms with Crippen molar-refractivity contribution in [1.29, 1.82) is 0 Å². The third-order valence-corrected chi connectivity index (χ3v) is 7.08. The van der Waals surface area contributed by atoms with E-state index in [4.69, 9.17) is 4.74 Å². The second-order valence-corrected chi connectivity index (χ2v) is 11.3. The number of carbonyl (C=O) groups is 2. The summed E-state index contributed by atoms with van der Waals surface area (Å²) in [4.78, 5) is 55.1. The van der Waals surface area contributed by atoms with Crippen LogP contribution in [0.1, 0.15) is 20.8 Å². The standard InChI is InChI=1S/C28H36N8O4/c1-28(2,3)40-27(39)35-14-15-36(23(37)18-35)22-16-19-17-29-26(31-24(19)33(5)25(22)38)30-20-6-8-21(9-7-20)34-12-10-32(4)11-13-34/h6-9,16-17H,10-15,18H2,1-5H3,(H,29,30,31). The lowest BCUT2D eigenvalue weighted by molar-refractivity contribution is -0.121. The summed E-state index contributed by atoms with van der Waals surface area (Å²) in [5.41, 5.74) is 1.68. The summed E-state index contributed by atoms with van der Waals surface area (Å²) in [6.45, 7) is 9.68. The van der Waals surface area contributed by atoms with Gasteiger partial charge in [0, 0.05) is 69.3 Å². The molecule has 40 heavy (non-hydrogen) atoms. The van der Waals surface area contributed by atoms with Crippen molar-refractivity contribution in [3.05, 3.63) is 46.9 Å². The fraction of sp³-hybridized carbons (Fsp3) is 0.464. The average Bonchev–Trinajstić information content (AvgIpc) is 2.91. The molecule has 4 heterocycles. The first-order valence-electron chi connectivity index (χ1n) is 13.4. The zero-order valence-corrected chi connectivity index (χ0v) is 23.7. The quantitative estimate of drug-likeness (QED) is 0.525. The number of aryl methyl sites for hydroxylation is 1. The maximum absolute atomic E-state index is 13.3. The summed E-state index contributed by atoms with van der Waals surface area (Å²) in [6, 6.07) is 9.78. The number of piperazine rings is 2. The minimum absolute atomic E-state index is 0.164. The molecule has 2 aliphatic heterocycles. The van der Waals surface area contributed by atoms with Crippen molar-refractivity contribution in [3.8, 4) is 0 Å². The predicted octanol–water partition coefficient (Wildman–Crippen LogP) is 2.41. The van der Waals surface area contributed by atoms with E-state index in [1.165, 1.54) is 20.1 Å². The monoisotopic (exact) mass is 548 g/mol. The number of ether oxygens (including phenoxy) is 1. The number of fused-ring (bicyclic) bond motifs is 1. The number of carbonyl (C=O) groups excluding carboxylic acids is 2. The number of hydrogen-bond acceptors (Lipinski definition) is 9. The van der Waals surface area contributed by atoms with Crippen molar-refractivity contribution >= 4 is 46.0 Å². The molecule has 2 fully saturated rings. The first kappa shape index (κ1) is 27.4. The van der Waals surface area contributed by atoms with E-state index in [-0.39, 0.29) is 36.8 Å². The van der Waals surface area contributed by atoms with E-state index in [1.54, 1.807) is 40.1 Å². The molecule has 212 valence electrons. The Labute approximate surface area is 233 Å². The van der Waals surface area contributed by atoms with E-state index in [9.17, 15) is 14.4 Å². The van der Waals surface area contributed by atoms with Crippen LogP contribution in [-0.2, 0) is 16.6 Å². The van der Waals surface area contributed by atoms with Gasteiger partial charge in [-0.15, -0.1) is 0 Å². The zero-order chi connectivity index (χ0) is 28.6. The number of hydrogen-bond donors (Lipinski definition) is 1. The Hall–Kier alpha value is -4.19. The predicted molar refractivity (Wildman–Crippen MR) is 154 cm³/mol. The number of nitrogens with one attached hydrogen (secondary N) is 1. The number of likely N-dealkylation sites (N-methyl/N-ethyl adjacent to an activating group) is 1. The van der Waals surface area contributed by atoms with Gasteiger partial charge in [-0.1, -0.05) is 0 Å². The third kappa shape index (κ3) is 5.86. The van der Waals surface area contributed by atoms with Gasteiger partial charge in [-0.05, 0) is 58.2 Å². The van der Waals surface area contributed by atoms with Gasteiger partial charge in [-0.2, -0.15) is 4.98 Å². The van der Waals surface area contributed by atoms with Crippen LogP contribution in [0.3, 0.4) is 0 Å². The van der Waals surface area contributed by atoms with Gasteiger partial charge in [-0.3, -0.25) is 19.1 Å². The molecule has 1 aromatic carbocycles. The van der Waals surface area contributed by atoms with Crippen molar-refractivity contribution in [2.75, 3.05) is 68.0 Å². The second kappa shape index (κ2) is 10.8. The van der Waals surface area contributed by atoms with Crippen molar-refractivity contribution in [2.24, 2.45) is 7.05 Å². The number of pyridine rings is 1. The summed E-state index contributed by atoms with van der Waals surface area (Å²) in [5, 5.41) is 3.84. The molecule has 3 aromatic rings. The lowest BCUT2D eigenvalue weighted by Crippen LogP contribution is -2.54. The van der Waals surface area contributed by atoms with Crippen molar-refractivity contribution in [3.63, 3.8) is 0 Å². The van der Waals surface area contributed by atoms with Crippen LogP contribution in [0, 0.1) is 0 Å². The Kier molecular flexibility index (Phi) is 7.37. The molecule has 2 aromatic heterocycles. The highest BCUT2D eigenvalue weighted by Gasteiger charge is 2.32. The van der Waals surface area contributed by atoms with E-state index in [1.807, 2.05) is 12.1 Å². The molecule has 0 bridgehead atoms. The Morgan fingerprint density at radius 2 is 1.68 bits per heavy atom. The number of aromatic nitrogens is 3. The summed E-state index contributed by atoms with van der Waals surface area (Å²) in [5.74, 6) is 0.0115. The van der Waals surface area contributed by atoms with Crippen molar-refractivity contribution in [2.45, 2.75) is 26.4 Å². The maximum Gasteiger partial charge on any atom is 0.410 e. The van der Waals surface area contributed by atoms with E-state index in [2.05, 4.69) is 44.3 Å². The molecular formula is C28H36N8O4. The maximum atomic E-state index is 13.3. The Balaban J connectivity index is 1.30. The SMILES string of the molecule is CN1CCN(c2ccc(Nc3ncc4cc(N5CCN(C(=O)OC(C)(C)C)CC5=O)c(=O)n(C)c4n3)cc2)CC1. The first-order chi connectivity index (χ1) is 19.0. The summed E-state index contributed by atoms with van der Waals surface area (Å²) in [6.07, 6.45) is 1.09. The lowest BCUT2D eigenvalue weighted by Gasteiger charge is -2.35. The summed E-state index contributed by atoms with van der Waals surface area (Å²) in [7, 11) is 3.76. The molecule has 0 atom stereocenters. The average molecular weight is 549 g/mol. The number of nitrogens with zero attached hydrogens (tertiary/aromatic N) is 7. The Morgan fingerprint density at radius 1 is 0.975 bits per heavy atom. The van der Waals surface area contributed by atoms with Crippen LogP contribution in [0.15, 0.2) is 41.3 Å². The molecule has 0 aliphatic carbocycles. The molecule has 2 aliphatic rings. The van der Waals surface area contributed by atoms with Gasteiger partial charge < -0.3 is 24.8 Å². The molecule has 1 N–H and O–H groups in total. The molecule has 2 amide bonds. The third-order valence-electron chi connectivity index (χ3n) is 7.08. The number of rotatable bonds is 4. The number of benzene rings is 1. The number of anilines is 4. The fourth-order valence-electron chi connectivity index (χ4n) is 4.84. The van der Waals surface area contributed by atoms with Gasteiger partial charge in [-0.25, -0.2) is 9.78 Å². The van der Waals surface area contributed by atoms with Crippen LogP contribution >= 0.6 is 0 Å². The van der Waals surface area contributed by atoms with E-state index in [0.29, 0.717) is 17.0 Å².